The molecule has 0 spiro atoms. The smallest absolute Gasteiger partial charge is 0.259 e. The molecule has 2 aromatic carbocycles. The summed E-state index contributed by atoms with van der Waals surface area (Å²) < 4.78 is 13.3. The predicted octanol–water partition coefficient (Wildman–Crippen LogP) is 4.43. The molecular weight excluding hydrogens is 297 g/mol. The normalized spacial score (nSPS) is 10.4. The molecule has 0 atom stereocenters. The van der Waals surface area contributed by atoms with E-state index in [9.17, 15) is 9.18 Å². The Balaban J connectivity index is 2.41. The lowest BCUT2D eigenvalue weighted by Gasteiger charge is -2.21. The molecule has 0 heterocycles. The van der Waals surface area contributed by atoms with Crippen LogP contribution in [0.4, 0.5) is 10.1 Å². The van der Waals surface area contributed by atoms with Crippen molar-refractivity contribution < 1.29 is 9.18 Å². The van der Waals surface area contributed by atoms with Crippen molar-refractivity contribution in [1.82, 2.24) is 0 Å². The Labute approximate surface area is 127 Å². The second kappa shape index (κ2) is 6.29. The van der Waals surface area contributed by atoms with E-state index in [0.717, 1.165) is 0 Å². The molecule has 0 aliphatic carbocycles. The molecule has 0 N–H and O–H groups in total. The Morgan fingerprint density at radius 3 is 2.70 bits per heavy atom. The molecule has 0 aliphatic rings. The number of hydrogen-bond acceptors (Lipinski definition) is 2. The van der Waals surface area contributed by atoms with E-state index in [1.807, 2.05) is 6.92 Å². The van der Waals surface area contributed by atoms with Crippen LogP contribution in [0.15, 0.2) is 47.4 Å². The van der Waals surface area contributed by atoms with Crippen LogP contribution >= 0.6 is 24.2 Å². The third-order valence-corrected chi connectivity index (χ3v) is 3.47. The third-order valence-electron chi connectivity index (χ3n) is 2.86. The molecule has 0 bridgehead atoms. The van der Waals surface area contributed by atoms with Crippen molar-refractivity contribution in [2.24, 2.45) is 0 Å². The Morgan fingerprint density at radius 1 is 1.30 bits per heavy atom. The second-order valence-electron chi connectivity index (χ2n) is 4.19. The van der Waals surface area contributed by atoms with Crippen LogP contribution in [-0.2, 0) is 0 Å². The van der Waals surface area contributed by atoms with Gasteiger partial charge in [-0.2, -0.15) is 0 Å². The number of rotatable bonds is 3. The van der Waals surface area contributed by atoms with Crippen LogP contribution in [0.1, 0.15) is 17.3 Å². The fourth-order valence-corrected chi connectivity index (χ4v) is 2.31. The average molecular weight is 310 g/mol. The van der Waals surface area contributed by atoms with Gasteiger partial charge in [0.05, 0.1) is 10.6 Å². The fraction of sp³-hybridized carbons (Fsp3) is 0.133. The molecule has 1 amide bonds. The van der Waals surface area contributed by atoms with Gasteiger partial charge in [-0.15, -0.1) is 12.6 Å². The van der Waals surface area contributed by atoms with E-state index in [0.29, 0.717) is 27.7 Å². The molecule has 2 aromatic rings. The summed E-state index contributed by atoms with van der Waals surface area (Å²) in [5, 5.41) is 0.350. The van der Waals surface area contributed by atoms with Gasteiger partial charge >= 0.3 is 0 Å². The summed E-state index contributed by atoms with van der Waals surface area (Å²) in [7, 11) is 0. The van der Waals surface area contributed by atoms with E-state index in [2.05, 4.69) is 12.6 Å². The van der Waals surface area contributed by atoms with Gasteiger partial charge in [0, 0.05) is 17.1 Å². The lowest BCUT2D eigenvalue weighted by Crippen LogP contribution is -2.30. The highest BCUT2D eigenvalue weighted by Gasteiger charge is 2.19. The van der Waals surface area contributed by atoms with Crippen LogP contribution in [0.2, 0.25) is 5.02 Å². The van der Waals surface area contributed by atoms with Crippen molar-refractivity contribution in [3.63, 3.8) is 0 Å². The van der Waals surface area contributed by atoms with Crippen LogP contribution in [0.3, 0.4) is 0 Å². The Bertz CT molecular complexity index is 648. The number of carbonyl (C=O) groups excluding carboxylic acids is 1. The van der Waals surface area contributed by atoms with Crippen LogP contribution < -0.4 is 4.90 Å². The minimum Gasteiger partial charge on any atom is -0.309 e. The van der Waals surface area contributed by atoms with Gasteiger partial charge in [0.1, 0.15) is 5.82 Å². The lowest BCUT2D eigenvalue weighted by molar-refractivity contribution is 0.0988. The van der Waals surface area contributed by atoms with Crippen LogP contribution in [0, 0.1) is 5.82 Å². The van der Waals surface area contributed by atoms with Gasteiger partial charge in [-0.25, -0.2) is 4.39 Å². The first-order valence-electron chi connectivity index (χ1n) is 6.09. The Hall–Kier alpha value is -1.52. The number of anilines is 1. The molecule has 0 radical (unpaired) electrons. The standard InChI is InChI=1S/C15H13ClFNOS/c1-2-18(11-5-3-4-10(17)8-11)15(19)13-9-12(20)6-7-14(13)16/h3-9,20H,2H2,1H3. The molecule has 2 nitrogen and oxygen atoms in total. The number of halogens is 2. The maximum atomic E-state index is 13.3. The summed E-state index contributed by atoms with van der Waals surface area (Å²) in [4.78, 5) is 14.7. The summed E-state index contributed by atoms with van der Waals surface area (Å²) in [5.74, 6) is -0.665. The summed E-state index contributed by atoms with van der Waals surface area (Å²) in [6, 6.07) is 10.8. The number of hydrogen-bond donors (Lipinski definition) is 1. The summed E-state index contributed by atoms with van der Waals surface area (Å²) in [5.41, 5.74) is 0.850. The number of nitrogens with zero attached hydrogens (tertiary/aromatic N) is 1. The molecule has 0 aromatic heterocycles. The molecule has 0 fully saturated rings. The number of carbonyl (C=O) groups is 1. The molecule has 0 unspecified atom stereocenters. The maximum Gasteiger partial charge on any atom is 0.259 e. The minimum absolute atomic E-state index is 0.279. The molecule has 104 valence electrons. The molecule has 0 saturated heterocycles. The Kier molecular flexibility index (Phi) is 4.68. The van der Waals surface area contributed by atoms with Gasteiger partial charge in [0.15, 0.2) is 0 Å². The van der Waals surface area contributed by atoms with E-state index in [4.69, 9.17) is 11.6 Å². The summed E-state index contributed by atoms with van der Waals surface area (Å²) >= 11 is 10.3. The molecule has 20 heavy (non-hydrogen) atoms. The molecule has 5 heteroatoms. The highest BCUT2D eigenvalue weighted by molar-refractivity contribution is 7.80. The van der Waals surface area contributed by atoms with Gasteiger partial charge < -0.3 is 4.90 Å². The number of benzene rings is 2. The average Bonchev–Trinajstić information content (AvgIpc) is 2.42. The van der Waals surface area contributed by atoms with Gasteiger partial charge in [0.2, 0.25) is 0 Å². The number of amides is 1. The van der Waals surface area contributed by atoms with Crippen molar-refractivity contribution in [3.8, 4) is 0 Å². The highest BCUT2D eigenvalue weighted by Crippen LogP contribution is 2.24. The van der Waals surface area contributed by atoms with Gasteiger partial charge in [0.25, 0.3) is 5.91 Å². The lowest BCUT2D eigenvalue weighted by atomic mass is 10.1. The van der Waals surface area contributed by atoms with E-state index >= 15 is 0 Å². The van der Waals surface area contributed by atoms with Crippen molar-refractivity contribution in [2.45, 2.75) is 11.8 Å². The van der Waals surface area contributed by atoms with Crippen molar-refractivity contribution >= 4 is 35.8 Å². The first-order chi connectivity index (χ1) is 9.52. The third kappa shape index (κ3) is 3.14. The molecular formula is C15H13ClFNOS. The topological polar surface area (TPSA) is 20.3 Å². The second-order valence-corrected chi connectivity index (χ2v) is 5.12. The summed E-state index contributed by atoms with van der Waals surface area (Å²) in [6.07, 6.45) is 0. The number of thiol groups is 1. The quantitative estimate of drug-likeness (QED) is 0.831. The van der Waals surface area contributed by atoms with E-state index in [-0.39, 0.29) is 11.7 Å². The monoisotopic (exact) mass is 309 g/mol. The van der Waals surface area contributed by atoms with Crippen molar-refractivity contribution in [3.05, 3.63) is 58.9 Å². The molecule has 2 rings (SSSR count). The fourth-order valence-electron chi connectivity index (χ4n) is 1.91. The molecule has 0 saturated carbocycles. The first-order valence-corrected chi connectivity index (χ1v) is 6.91. The predicted molar refractivity (Wildman–Crippen MR) is 82.5 cm³/mol. The van der Waals surface area contributed by atoms with Gasteiger partial charge in [-0.1, -0.05) is 17.7 Å². The molecule has 0 aliphatic heterocycles. The van der Waals surface area contributed by atoms with Crippen LogP contribution in [-0.4, -0.2) is 12.5 Å². The highest BCUT2D eigenvalue weighted by atomic mass is 35.5. The zero-order chi connectivity index (χ0) is 14.7. The first kappa shape index (κ1) is 14.9. The van der Waals surface area contributed by atoms with Crippen LogP contribution in [0.5, 0.6) is 0 Å². The zero-order valence-corrected chi connectivity index (χ0v) is 12.5. The van der Waals surface area contributed by atoms with Crippen LogP contribution in [0.25, 0.3) is 0 Å². The summed E-state index contributed by atoms with van der Waals surface area (Å²) in [6.45, 7) is 2.23. The van der Waals surface area contributed by atoms with Crippen molar-refractivity contribution in [2.75, 3.05) is 11.4 Å². The minimum atomic E-state index is -0.386. The van der Waals surface area contributed by atoms with E-state index in [1.165, 1.54) is 17.0 Å². The van der Waals surface area contributed by atoms with E-state index in [1.54, 1.807) is 30.3 Å². The SMILES string of the molecule is CCN(C(=O)c1cc(S)ccc1Cl)c1cccc(F)c1. The van der Waals surface area contributed by atoms with Gasteiger partial charge in [-0.3, -0.25) is 4.79 Å². The van der Waals surface area contributed by atoms with Crippen molar-refractivity contribution in [1.29, 1.82) is 0 Å². The Morgan fingerprint density at radius 2 is 2.05 bits per heavy atom. The van der Waals surface area contributed by atoms with Gasteiger partial charge in [-0.05, 0) is 43.3 Å². The maximum absolute atomic E-state index is 13.3. The van der Waals surface area contributed by atoms with E-state index < -0.39 is 0 Å². The zero-order valence-electron chi connectivity index (χ0n) is 10.8. The largest absolute Gasteiger partial charge is 0.309 e.